The van der Waals surface area contributed by atoms with E-state index in [1.165, 1.54) is 6.42 Å². The molecule has 5 nitrogen and oxygen atoms in total. The highest BCUT2D eigenvalue weighted by atomic mass is 16.3. The summed E-state index contributed by atoms with van der Waals surface area (Å²) in [5, 5.41) is 7.55. The number of furan rings is 1. The fourth-order valence-electron chi connectivity index (χ4n) is 2.79. The Morgan fingerprint density at radius 2 is 2.29 bits per heavy atom. The fraction of sp³-hybridized carbons (Fsp3) is 0.500. The van der Waals surface area contributed by atoms with Gasteiger partial charge in [0.05, 0.1) is 24.1 Å². The van der Waals surface area contributed by atoms with Crippen molar-refractivity contribution in [2.75, 3.05) is 6.54 Å². The number of rotatable bonds is 5. The van der Waals surface area contributed by atoms with Crippen LogP contribution in [0, 0.1) is 19.8 Å². The Labute approximate surface area is 124 Å². The van der Waals surface area contributed by atoms with Crippen LogP contribution in [0.1, 0.15) is 30.7 Å². The molecule has 2 aromatic heterocycles. The van der Waals surface area contributed by atoms with Gasteiger partial charge in [0.25, 0.3) is 0 Å². The number of aromatic nitrogens is 2. The maximum atomic E-state index is 11.8. The average Bonchev–Trinajstić information content (AvgIpc) is 2.97. The van der Waals surface area contributed by atoms with Crippen molar-refractivity contribution in [1.82, 2.24) is 15.1 Å². The Kier molecular flexibility index (Phi) is 3.82. The van der Waals surface area contributed by atoms with Crippen molar-refractivity contribution in [3.63, 3.8) is 0 Å². The summed E-state index contributed by atoms with van der Waals surface area (Å²) in [7, 11) is 0. The van der Waals surface area contributed by atoms with Crippen molar-refractivity contribution in [2.45, 2.75) is 39.7 Å². The summed E-state index contributed by atoms with van der Waals surface area (Å²) in [6.07, 6.45) is 4.93. The normalized spacial score (nSPS) is 15.0. The third-order valence-corrected chi connectivity index (χ3v) is 4.25. The van der Waals surface area contributed by atoms with Crippen molar-refractivity contribution in [3.8, 4) is 11.3 Å². The number of carbonyl (C=O) groups excluding carboxylic acids is 1. The van der Waals surface area contributed by atoms with Crippen LogP contribution in [-0.2, 0) is 11.3 Å². The highest BCUT2D eigenvalue weighted by Crippen LogP contribution is 2.27. The first kappa shape index (κ1) is 13.9. The molecule has 0 unspecified atom stereocenters. The van der Waals surface area contributed by atoms with Crippen LogP contribution in [0.4, 0.5) is 0 Å². The first-order chi connectivity index (χ1) is 10.2. The molecule has 1 fully saturated rings. The second-order valence-corrected chi connectivity index (χ2v) is 5.67. The summed E-state index contributed by atoms with van der Waals surface area (Å²) in [5.41, 5.74) is 3.07. The quantitative estimate of drug-likeness (QED) is 0.919. The lowest BCUT2D eigenvalue weighted by Crippen LogP contribution is -2.36. The SMILES string of the molecule is Cc1nn(CCNC(=O)C2CCC2)c(C)c1-c1ccco1. The maximum Gasteiger partial charge on any atom is 0.223 e. The zero-order valence-corrected chi connectivity index (χ0v) is 12.6. The Balaban J connectivity index is 1.63. The molecule has 21 heavy (non-hydrogen) atoms. The predicted octanol–water partition coefficient (Wildman–Crippen LogP) is 2.68. The minimum Gasteiger partial charge on any atom is -0.464 e. The highest BCUT2D eigenvalue weighted by molar-refractivity contribution is 5.79. The van der Waals surface area contributed by atoms with E-state index in [4.69, 9.17) is 4.42 Å². The molecule has 2 aromatic rings. The van der Waals surface area contributed by atoms with Crippen molar-refractivity contribution in [1.29, 1.82) is 0 Å². The van der Waals surface area contributed by atoms with Gasteiger partial charge in [0.1, 0.15) is 5.76 Å². The molecule has 0 bridgehead atoms. The molecule has 1 aliphatic carbocycles. The summed E-state index contributed by atoms with van der Waals surface area (Å²) in [6.45, 7) is 5.32. The molecule has 0 spiro atoms. The molecule has 0 aliphatic heterocycles. The average molecular weight is 287 g/mol. The maximum absolute atomic E-state index is 11.8. The molecular weight excluding hydrogens is 266 g/mol. The van der Waals surface area contributed by atoms with Crippen LogP contribution in [0.15, 0.2) is 22.8 Å². The van der Waals surface area contributed by atoms with E-state index in [-0.39, 0.29) is 11.8 Å². The number of nitrogens with zero attached hydrogens (tertiary/aromatic N) is 2. The second kappa shape index (κ2) is 5.76. The number of amides is 1. The molecule has 1 N–H and O–H groups in total. The van der Waals surface area contributed by atoms with Crippen molar-refractivity contribution in [2.24, 2.45) is 5.92 Å². The van der Waals surface area contributed by atoms with Gasteiger partial charge in [0.2, 0.25) is 5.91 Å². The van der Waals surface area contributed by atoms with Crippen LogP contribution >= 0.6 is 0 Å². The molecule has 0 aromatic carbocycles. The Bertz CT molecular complexity index is 624. The molecular formula is C16H21N3O2. The van der Waals surface area contributed by atoms with Crippen LogP contribution in [-0.4, -0.2) is 22.2 Å². The van der Waals surface area contributed by atoms with Gasteiger partial charge >= 0.3 is 0 Å². The standard InChI is InChI=1S/C16H21N3O2/c1-11-15(14-7-4-10-21-14)12(2)19(18-11)9-8-17-16(20)13-5-3-6-13/h4,7,10,13H,3,5-6,8-9H2,1-2H3,(H,17,20). The van der Waals surface area contributed by atoms with Gasteiger partial charge < -0.3 is 9.73 Å². The molecule has 1 amide bonds. The number of carbonyl (C=O) groups is 1. The van der Waals surface area contributed by atoms with Gasteiger partial charge in [0.15, 0.2) is 0 Å². The lowest BCUT2D eigenvalue weighted by Gasteiger charge is -2.24. The summed E-state index contributed by atoms with van der Waals surface area (Å²) in [5.74, 6) is 1.27. The van der Waals surface area contributed by atoms with Crippen LogP contribution in [0.2, 0.25) is 0 Å². The second-order valence-electron chi connectivity index (χ2n) is 5.67. The fourth-order valence-corrected chi connectivity index (χ4v) is 2.79. The van der Waals surface area contributed by atoms with E-state index >= 15 is 0 Å². The minimum atomic E-state index is 0.189. The van der Waals surface area contributed by atoms with E-state index in [0.29, 0.717) is 13.1 Å². The van der Waals surface area contributed by atoms with Crippen molar-refractivity contribution < 1.29 is 9.21 Å². The van der Waals surface area contributed by atoms with Gasteiger partial charge in [-0.15, -0.1) is 0 Å². The van der Waals surface area contributed by atoms with Crippen molar-refractivity contribution in [3.05, 3.63) is 29.8 Å². The first-order valence-electron chi connectivity index (χ1n) is 7.52. The summed E-state index contributed by atoms with van der Waals surface area (Å²) >= 11 is 0. The summed E-state index contributed by atoms with van der Waals surface area (Å²) < 4.78 is 7.41. The summed E-state index contributed by atoms with van der Waals surface area (Å²) in [4.78, 5) is 11.8. The lowest BCUT2D eigenvalue weighted by atomic mass is 9.85. The van der Waals surface area contributed by atoms with Crippen LogP contribution in [0.25, 0.3) is 11.3 Å². The molecule has 0 saturated heterocycles. The van der Waals surface area contributed by atoms with E-state index in [2.05, 4.69) is 10.4 Å². The van der Waals surface area contributed by atoms with Crippen molar-refractivity contribution >= 4 is 5.91 Å². The predicted molar refractivity (Wildman–Crippen MR) is 79.8 cm³/mol. The number of aryl methyl sites for hydroxylation is 1. The van der Waals surface area contributed by atoms with Gasteiger partial charge in [-0.05, 0) is 38.8 Å². The van der Waals surface area contributed by atoms with Gasteiger partial charge in [-0.25, -0.2) is 0 Å². The van der Waals surface area contributed by atoms with Gasteiger partial charge in [-0.2, -0.15) is 5.10 Å². The van der Waals surface area contributed by atoms with E-state index in [1.54, 1.807) is 6.26 Å². The first-order valence-corrected chi connectivity index (χ1v) is 7.52. The van der Waals surface area contributed by atoms with Crippen LogP contribution < -0.4 is 5.32 Å². The molecule has 112 valence electrons. The monoisotopic (exact) mass is 287 g/mol. The highest BCUT2D eigenvalue weighted by Gasteiger charge is 2.24. The summed E-state index contributed by atoms with van der Waals surface area (Å²) in [6, 6.07) is 3.82. The van der Waals surface area contributed by atoms with Gasteiger partial charge in [0, 0.05) is 18.2 Å². The number of hydrogen-bond acceptors (Lipinski definition) is 3. The van der Waals surface area contributed by atoms with Crippen LogP contribution in [0.5, 0.6) is 0 Å². The third kappa shape index (κ3) is 2.73. The topological polar surface area (TPSA) is 60.1 Å². The third-order valence-electron chi connectivity index (χ3n) is 4.25. The minimum absolute atomic E-state index is 0.189. The molecule has 3 rings (SSSR count). The molecule has 2 heterocycles. The lowest BCUT2D eigenvalue weighted by molar-refractivity contribution is -0.127. The van der Waals surface area contributed by atoms with Gasteiger partial charge in [-0.1, -0.05) is 6.42 Å². The van der Waals surface area contributed by atoms with E-state index in [0.717, 1.165) is 35.6 Å². The Hall–Kier alpha value is -2.04. The van der Waals surface area contributed by atoms with E-state index in [1.807, 2.05) is 30.7 Å². The largest absolute Gasteiger partial charge is 0.464 e. The molecule has 1 saturated carbocycles. The Morgan fingerprint density at radius 1 is 1.48 bits per heavy atom. The van der Waals surface area contributed by atoms with E-state index < -0.39 is 0 Å². The van der Waals surface area contributed by atoms with Crippen LogP contribution in [0.3, 0.4) is 0 Å². The molecule has 5 heteroatoms. The molecule has 0 radical (unpaired) electrons. The smallest absolute Gasteiger partial charge is 0.223 e. The number of hydrogen-bond donors (Lipinski definition) is 1. The zero-order chi connectivity index (χ0) is 14.8. The molecule has 1 aliphatic rings. The number of nitrogens with one attached hydrogen (secondary N) is 1. The zero-order valence-electron chi connectivity index (χ0n) is 12.6. The Morgan fingerprint density at radius 3 is 2.90 bits per heavy atom. The molecule has 0 atom stereocenters. The van der Waals surface area contributed by atoms with E-state index in [9.17, 15) is 4.79 Å². The van der Waals surface area contributed by atoms with Gasteiger partial charge in [-0.3, -0.25) is 9.48 Å².